The summed E-state index contributed by atoms with van der Waals surface area (Å²) in [5.41, 5.74) is 7.63. The van der Waals surface area contributed by atoms with E-state index in [1.807, 2.05) is 0 Å². The molecule has 0 fully saturated rings. The molecule has 0 saturated carbocycles. The number of hydrogen-bond acceptors (Lipinski definition) is 2. The molecule has 0 atom stereocenters. The minimum Gasteiger partial charge on any atom is -0.221 e. The van der Waals surface area contributed by atoms with Gasteiger partial charge in [0.05, 0.1) is 5.71 Å². The average Bonchev–Trinajstić information content (AvgIpc) is 2.39. The summed E-state index contributed by atoms with van der Waals surface area (Å²) in [6, 6.07) is 0. The lowest BCUT2D eigenvalue weighted by Crippen LogP contribution is -2.13. The number of nitrogens with zero attached hydrogens (tertiary/aromatic N) is 1. The Morgan fingerprint density at radius 2 is 2.10 bits per heavy atom. The Bertz CT molecular complexity index is 490. The Balaban J connectivity index is 3.09. The summed E-state index contributed by atoms with van der Waals surface area (Å²) in [6.45, 7) is 14.9. The number of allylic oxidation sites excluding steroid dienone is 7. The Labute approximate surface area is 128 Å². The van der Waals surface area contributed by atoms with Crippen LogP contribution in [0.5, 0.6) is 0 Å². The summed E-state index contributed by atoms with van der Waals surface area (Å²) in [4.78, 5) is 0. The van der Waals surface area contributed by atoms with Crippen molar-refractivity contribution < 1.29 is 0 Å². The normalized spacial score (nSPS) is 18.6. The quantitative estimate of drug-likeness (QED) is 0.427. The zero-order valence-corrected chi connectivity index (χ0v) is 14.4. The van der Waals surface area contributed by atoms with Crippen molar-refractivity contribution >= 4 is 17.7 Å². The second-order valence-electron chi connectivity index (χ2n) is 5.38. The van der Waals surface area contributed by atoms with Gasteiger partial charge >= 0.3 is 0 Å². The van der Waals surface area contributed by atoms with E-state index in [9.17, 15) is 0 Å². The topological polar surface area (TPSA) is 12.4 Å². The molecule has 0 radical (unpaired) electrons. The molecule has 0 amide bonds. The Kier molecular flexibility index (Phi) is 7.08. The molecule has 0 unspecified atom stereocenters. The lowest BCUT2D eigenvalue weighted by atomic mass is 9.82. The fourth-order valence-electron chi connectivity index (χ4n) is 2.41. The van der Waals surface area contributed by atoms with Crippen LogP contribution in [0.25, 0.3) is 0 Å². The molecule has 20 heavy (non-hydrogen) atoms. The van der Waals surface area contributed by atoms with Gasteiger partial charge in [-0.05, 0) is 62.8 Å². The molecule has 1 nitrogen and oxygen atoms in total. The molecule has 0 aromatic heterocycles. The van der Waals surface area contributed by atoms with Crippen LogP contribution >= 0.6 is 11.9 Å². The molecule has 1 rings (SSSR count). The van der Waals surface area contributed by atoms with Crippen LogP contribution in [0.3, 0.4) is 0 Å². The van der Waals surface area contributed by atoms with Gasteiger partial charge < -0.3 is 0 Å². The van der Waals surface area contributed by atoms with Crippen molar-refractivity contribution in [1.29, 1.82) is 0 Å². The highest BCUT2D eigenvalue weighted by Gasteiger charge is 2.20. The van der Waals surface area contributed by atoms with Crippen molar-refractivity contribution in [2.75, 3.05) is 5.75 Å². The molecule has 110 valence electrons. The molecule has 0 aliphatic heterocycles. The van der Waals surface area contributed by atoms with Crippen LogP contribution in [0.1, 0.15) is 53.9 Å². The van der Waals surface area contributed by atoms with Crippen molar-refractivity contribution in [3.8, 4) is 0 Å². The van der Waals surface area contributed by atoms with Crippen LogP contribution < -0.4 is 0 Å². The van der Waals surface area contributed by atoms with Crippen LogP contribution in [-0.4, -0.2) is 11.5 Å². The smallest absolute Gasteiger partial charge is 0.0562 e. The second kappa shape index (κ2) is 8.31. The van der Waals surface area contributed by atoms with E-state index < -0.39 is 0 Å². The molecule has 0 saturated heterocycles. The van der Waals surface area contributed by atoms with Crippen molar-refractivity contribution in [3.63, 3.8) is 0 Å². The molecule has 0 spiro atoms. The fourth-order valence-corrected chi connectivity index (χ4v) is 3.28. The van der Waals surface area contributed by atoms with Gasteiger partial charge in [0.2, 0.25) is 0 Å². The summed E-state index contributed by atoms with van der Waals surface area (Å²) in [5, 5.41) is 0. The number of unbranched alkanes of at least 4 members (excludes halogenated alkanes) is 1. The second-order valence-corrected chi connectivity index (χ2v) is 6.22. The van der Waals surface area contributed by atoms with E-state index in [1.165, 1.54) is 40.8 Å². The summed E-state index contributed by atoms with van der Waals surface area (Å²) < 4.78 is 4.76. The summed E-state index contributed by atoms with van der Waals surface area (Å²) >= 11 is 1.70. The molecular weight excluding hydrogens is 262 g/mol. The van der Waals surface area contributed by atoms with E-state index in [0.29, 0.717) is 0 Å². The van der Waals surface area contributed by atoms with Crippen LogP contribution in [0.4, 0.5) is 0 Å². The first-order valence-electron chi connectivity index (χ1n) is 7.41. The maximum atomic E-state index is 4.76. The molecule has 0 aromatic rings. The molecule has 0 heterocycles. The standard InChI is InChI=1S/C18H27NS/c1-7-9-11-20-19-17-12-14(5)16(10-8-2)18(13(3)4)15(17)6/h8,10H,3,7,9,11-12H2,1-2,4-6H3/b10-8+,19-17+. The third kappa shape index (κ3) is 4.24. The first kappa shape index (κ1) is 17.0. The zero-order chi connectivity index (χ0) is 15.1. The highest BCUT2D eigenvalue weighted by Crippen LogP contribution is 2.34. The fraction of sp³-hybridized carbons (Fsp3) is 0.500. The van der Waals surface area contributed by atoms with Crippen molar-refractivity contribution in [2.45, 2.75) is 53.9 Å². The van der Waals surface area contributed by atoms with Gasteiger partial charge in [-0.25, -0.2) is 4.40 Å². The molecule has 1 aliphatic rings. The molecule has 2 heteroatoms. The molecule has 1 aliphatic carbocycles. The van der Waals surface area contributed by atoms with Crippen LogP contribution in [0.2, 0.25) is 0 Å². The van der Waals surface area contributed by atoms with E-state index >= 15 is 0 Å². The van der Waals surface area contributed by atoms with Crippen LogP contribution in [0, 0.1) is 0 Å². The highest BCUT2D eigenvalue weighted by molar-refractivity contribution is 7.98. The SMILES string of the molecule is C=C(C)C1=C(C)/C(=N/SCCCC)CC(C)=C1/C=C/C. The molecule has 0 aromatic carbocycles. The highest BCUT2D eigenvalue weighted by atomic mass is 32.2. The lowest BCUT2D eigenvalue weighted by molar-refractivity contribution is 0.896. The predicted octanol–water partition coefficient (Wildman–Crippen LogP) is 6.06. The third-order valence-corrected chi connectivity index (χ3v) is 4.31. The summed E-state index contributed by atoms with van der Waals surface area (Å²) in [6.07, 6.45) is 7.72. The first-order valence-corrected chi connectivity index (χ1v) is 8.35. The maximum Gasteiger partial charge on any atom is 0.0562 e. The van der Waals surface area contributed by atoms with Crippen LogP contribution in [-0.2, 0) is 0 Å². The lowest BCUT2D eigenvalue weighted by Gasteiger charge is -2.23. The van der Waals surface area contributed by atoms with Gasteiger partial charge in [-0.3, -0.25) is 0 Å². The largest absolute Gasteiger partial charge is 0.221 e. The molecular formula is C18H27NS. The van der Waals surface area contributed by atoms with Gasteiger partial charge in [-0.2, -0.15) is 0 Å². The van der Waals surface area contributed by atoms with Crippen molar-refractivity contribution in [1.82, 2.24) is 0 Å². The van der Waals surface area contributed by atoms with Crippen LogP contribution in [0.15, 0.2) is 51.0 Å². The average molecular weight is 289 g/mol. The zero-order valence-electron chi connectivity index (χ0n) is 13.5. The molecule has 0 bridgehead atoms. The first-order chi connectivity index (χ1) is 9.52. The van der Waals surface area contributed by atoms with Gasteiger partial charge in [0.1, 0.15) is 0 Å². The number of hydrogen-bond donors (Lipinski definition) is 0. The minimum absolute atomic E-state index is 0.960. The predicted molar refractivity (Wildman–Crippen MR) is 94.4 cm³/mol. The van der Waals surface area contributed by atoms with Gasteiger partial charge in [-0.15, -0.1) is 0 Å². The summed E-state index contributed by atoms with van der Waals surface area (Å²) in [7, 11) is 0. The van der Waals surface area contributed by atoms with E-state index in [1.54, 1.807) is 11.9 Å². The van der Waals surface area contributed by atoms with Crippen molar-refractivity contribution in [2.24, 2.45) is 4.40 Å². The Morgan fingerprint density at radius 1 is 1.40 bits per heavy atom. The Hall–Kier alpha value is -1.02. The van der Waals surface area contributed by atoms with E-state index in [4.69, 9.17) is 4.40 Å². The maximum absolute atomic E-state index is 4.76. The van der Waals surface area contributed by atoms with Gasteiger partial charge in [-0.1, -0.05) is 43.2 Å². The number of rotatable bonds is 6. The van der Waals surface area contributed by atoms with E-state index in [0.717, 1.165) is 17.7 Å². The van der Waals surface area contributed by atoms with Gasteiger partial charge in [0.25, 0.3) is 0 Å². The third-order valence-electron chi connectivity index (χ3n) is 3.49. The van der Waals surface area contributed by atoms with E-state index in [-0.39, 0.29) is 0 Å². The molecule has 0 N–H and O–H groups in total. The van der Waals surface area contributed by atoms with E-state index in [2.05, 4.69) is 53.3 Å². The van der Waals surface area contributed by atoms with Crippen molar-refractivity contribution in [3.05, 3.63) is 46.6 Å². The van der Waals surface area contributed by atoms with Gasteiger partial charge in [0, 0.05) is 12.2 Å². The minimum atomic E-state index is 0.960. The van der Waals surface area contributed by atoms with Gasteiger partial charge in [0.15, 0.2) is 0 Å². The summed E-state index contributed by atoms with van der Waals surface area (Å²) in [5.74, 6) is 1.11. The monoisotopic (exact) mass is 289 g/mol. The Morgan fingerprint density at radius 3 is 2.65 bits per heavy atom.